The number of aliphatic carboxylic acids is 1. The molecule has 0 aliphatic heterocycles. The quantitative estimate of drug-likeness (QED) is 0.514. The minimum absolute atomic E-state index is 0.0565. The Morgan fingerprint density at radius 1 is 1.11 bits per heavy atom. The van der Waals surface area contributed by atoms with Gasteiger partial charge in [-0.1, -0.05) is 0 Å². The second-order valence-electron chi connectivity index (χ2n) is 4.88. The smallest absolute Gasteiger partial charge is 0.481 e. The molecule has 0 spiro atoms. The van der Waals surface area contributed by atoms with Crippen LogP contribution in [-0.2, 0) is 17.2 Å². The third-order valence-corrected chi connectivity index (χ3v) is 4.83. The molecule has 0 aromatic rings. The van der Waals surface area contributed by atoms with Crippen molar-refractivity contribution in [2.24, 2.45) is 5.92 Å². The van der Waals surface area contributed by atoms with Crippen molar-refractivity contribution >= 4 is 26.6 Å². The van der Waals surface area contributed by atoms with Crippen molar-refractivity contribution < 1.29 is 22.3 Å². The molecule has 0 fully saturated rings. The largest absolute Gasteiger partial charge is 0.675 e. The van der Waals surface area contributed by atoms with Gasteiger partial charge in [0.25, 0.3) is 0 Å². The predicted octanol–water partition coefficient (Wildman–Crippen LogP) is 2.00. The molecule has 1 unspecified atom stereocenters. The zero-order valence-electron chi connectivity index (χ0n) is 11.8. The number of carboxylic acids is 1. The molecule has 1 atom stereocenters. The average Bonchev–Trinajstić information content (AvgIpc) is 2.13. The Balaban J connectivity index is 4.38. The molecule has 1 N–H and O–H groups in total. The highest BCUT2D eigenvalue weighted by molar-refractivity contribution is 6.44. The van der Waals surface area contributed by atoms with Gasteiger partial charge in [-0.2, -0.15) is 0 Å². The van der Waals surface area contributed by atoms with Crippen LogP contribution in [0.2, 0.25) is 5.28 Å². The highest BCUT2D eigenvalue weighted by Crippen LogP contribution is 2.14. The van der Waals surface area contributed by atoms with Crippen molar-refractivity contribution in [2.45, 2.75) is 58.5 Å². The van der Waals surface area contributed by atoms with Crippen LogP contribution < -0.4 is 0 Å². The van der Waals surface area contributed by atoms with E-state index in [9.17, 15) is 9.59 Å². The number of ketones is 1. The fraction of sp³-hybridized carbons (Fsp3) is 0.833. The van der Waals surface area contributed by atoms with E-state index in [1.54, 1.807) is 0 Å². The van der Waals surface area contributed by atoms with Crippen molar-refractivity contribution in [3.05, 3.63) is 0 Å². The molecule has 0 saturated carbocycles. The van der Waals surface area contributed by atoms with Gasteiger partial charge in [0.1, 0.15) is 11.7 Å². The third-order valence-electron chi connectivity index (χ3n) is 2.33. The minimum atomic E-state index is -1.90. The lowest BCUT2D eigenvalue weighted by Crippen LogP contribution is -2.31. The van der Waals surface area contributed by atoms with Crippen molar-refractivity contribution in [3.63, 3.8) is 0 Å². The van der Waals surface area contributed by atoms with Crippen LogP contribution in [0.5, 0.6) is 0 Å². The van der Waals surface area contributed by atoms with E-state index in [2.05, 4.69) is 0 Å². The van der Waals surface area contributed by atoms with Gasteiger partial charge in [0, 0.05) is 12.2 Å². The Labute approximate surface area is 114 Å². The first kappa shape index (κ1) is 17.6. The molecular formula is C12H23AlO5. The van der Waals surface area contributed by atoms with Gasteiger partial charge in [-0.05, 0) is 46.3 Å². The highest BCUT2D eigenvalue weighted by Gasteiger charge is 2.32. The number of carbonyl (C=O) groups is 2. The second kappa shape index (κ2) is 8.65. The van der Waals surface area contributed by atoms with E-state index in [1.165, 1.54) is 6.92 Å². The number of carbonyl (C=O) groups excluding carboxylic acids is 1. The molecule has 0 rings (SSSR count). The minimum Gasteiger partial charge on any atom is -0.481 e. The molecule has 0 aliphatic rings. The molecular weight excluding hydrogens is 251 g/mol. The SMILES string of the molecule is CC(=O)C(C[CH2][Al]([O]C(C)C)[O]C(C)C)C(=O)O. The van der Waals surface area contributed by atoms with E-state index in [-0.39, 0.29) is 18.0 Å². The summed E-state index contributed by atoms with van der Waals surface area (Å²) in [6.07, 6.45) is 0.406. The third kappa shape index (κ3) is 7.83. The number of rotatable bonds is 9. The van der Waals surface area contributed by atoms with Gasteiger partial charge in [0.05, 0.1) is 0 Å². The molecule has 0 bridgehead atoms. The molecule has 0 radical (unpaired) electrons. The van der Waals surface area contributed by atoms with E-state index in [1.807, 2.05) is 27.7 Å². The zero-order chi connectivity index (χ0) is 14.3. The second-order valence-corrected chi connectivity index (χ2v) is 6.86. The summed E-state index contributed by atoms with van der Waals surface area (Å²) in [5.41, 5.74) is 0. The summed E-state index contributed by atoms with van der Waals surface area (Å²) in [7, 11) is 0. The lowest BCUT2D eigenvalue weighted by molar-refractivity contribution is -0.145. The summed E-state index contributed by atoms with van der Waals surface area (Å²) in [5, 5.41) is 9.47. The van der Waals surface area contributed by atoms with Crippen LogP contribution in [0.25, 0.3) is 0 Å². The molecule has 0 aliphatic carbocycles. The lowest BCUT2D eigenvalue weighted by Gasteiger charge is -2.19. The molecule has 104 valence electrons. The van der Waals surface area contributed by atoms with E-state index >= 15 is 0 Å². The first-order valence-corrected chi connectivity index (χ1v) is 8.04. The number of hydrogen-bond acceptors (Lipinski definition) is 4. The fourth-order valence-corrected chi connectivity index (χ4v) is 3.73. The Kier molecular flexibility index (Phi) is 8.46. The number of hydrogen-bond donors (Lipinski definition) is 1. The lowest BCUT2D eigenvalue weighted by atomic mass is 10.0. The normalized spacial score (nSPS) is 12.8. The molecule has 6 heteroatoms. The van der Waals surface area contributed by atoms with E-state index in [0.717, 1.165) is 0 Å². The maximum absolute atomic E-state index is 11.2. The zero-order valence-corrected chi connectivity index (χ0v) is 13.0. The predicted molar refractivity (Wildman–Crippen MR) is 69.4 cm³/mol. The van der Waals surface area contributed by atoms with Gasteiger partial charge in [0.15, 0.2) is 0 Å². The maximum Gasteiger partial charge on any atom is 0.675 e. The molecule has 0 aromatic heterocycles. The standard InChI is InChI=1S/C6H9O3.2C3H7O.Al/c1-3-5(4(2)7)6(8)9;2*1-3(2)4;/h5H,1,3H2,2H3,(H,8,9);2*3H,1-2H3;/q;2*-1;+2. The van der Waals surface area contributed by atoms with Crippen LogP contribution in [0.15, 0.2) is 0 Å². The highest BCUT2D eigenvalue weighted by atomic mass is 27.2. The molecule has 0 heterocycles. The number of carboxylic acid groups (broad SMARTS) is 1. The van der Waals surface area contributed by atoms with Crippen LogP contribution >= 0.6 is 0 Å². The van der Waals surface area contributed by atoms with Crippen molar-refractivity contribution in [1.29, 1.82) is 0 Å². The summed E-state index contributed by atoms with van der Waals surface area (Å²) in [4.78, 5) is 22.1. The van der Waals surface area contributed by atoms with Gasteiger partial charge < -0.3 is 12.7 Å². The maximum atomic E-state index is 11.2. The van der Waals surface area contributed by atoms with Crippen LogP contribution in [0.4, 0.5) is 0 Å². The molecule has 18 heavy (non-hydrogen) atoms. The molecule has 0 amide bonds. The van der Waals surface area contributed by atoms with E-state index in [0.29, 0.717) is 11.7 Å². The summed E-state index contributed by atoms with van der Waals surface area (Å²) >= 11 is -1.90. The van der Waals surface area contributed by atoms with Gasteiger partial charge >= 0.3 is 20.8 Å². The van der Waals surface area contributed by atoms with Crippen molar-refractivity contribution in [3.8, 4) is 0 Å². The summed E-state index contributed by atoms with van der Waals surface area (Å²) in [6.45, 7) is 8.99. The summed E-state index contributed by atoms with van der Waals surface area (Å²) < 4.78 is 11.4. The Morgan fingerprint density at radius 2 is 1.56 bits per heavy atom. The van der Waals surface area contributed by atoms with Crippen LogP contribution in [0.1, 0.15) is 41.0 Å². The molecule has 0 aromatic carbocycles. The topological polar surface area (TPSA) is 72.8 Å². The Bertz CT molecular complexity index is 254. The summed E-state index contributed by atoms with van der Waals surface area (Å²) in [5.74, 6) is -2.32. The van der Waals surface area contributed by atoms with Gasteiger partial charge in [0.2, 0.25) is 0 Å². The van der Waals surface area contributed by atoms with Gasteiger partial charge in [-0.15, -0.1) is 0 Å². The van der Waals surface area contributed by atoms with Crippen LogP contribution in [-0.4, -0.2) is 43.9 Å². The Hall–Kier alpha value is -0.408. The monoisotopic (exact) mass is 274 g/mol. The van der Waals surface area contributed by atoms with Gasteiger partial charge in [-0.25, -0.2) is 0 Å². The van der Waals surface area contributed by atoms with Gasteiger partial charge in [-0.3, -0.25) is 9.59 Å². The average molecular weight is 274 g/mol. The number of Topliss-reactive ketones (excluding diaryl/α,β-unsaturated/α-hetero) is 1. The van der Waals surface area contributed by atoms with E-state index < -0.39 is 26.7 Å². The summed E-state index contributed by atoms with van der Waals surface area (Å²) in [6, 6.07) is 0. The first-order valence-electron chi connectivity index (χ1n) is 6.28. The van der Waals surface area contributed by atoms with E-state index in [4.69, 9.17) is 12.7 Å². The van der Waals surface area contributed by atoms with Crippen LogP contribution in [0, 0.1) is 5.92 Å². The van der Waals surface area contributed by atoms with Crippen molar-refractivity contribution in [2.75, 3.05) is 0 Å². The Morgan fingerprint density at radius 3 is 1.83 bits per heavy atom. The fourth-order valence-electron chi connectivity index (χ4n) is 1.58. The first-order chi connectivity index (χ1) is 8.23. The van der Waals surface area contributed by atoms with Crippen LogP contribution in [0.3, 0.4) is 0 Å². The molecule has 0 saturated heterocycles. The molecule has 5 nitrogen and oxygen atoms in total. The van der Waals surface area contributed by atoms with Crippen molar-refractivity contribution in [1.82, 2.24) is 0 Å².